The molecule has 0 aliphatic rings. The standard InChI is InChI=1S/C17H16N4O3S/c1-3-7-18-17-19-12(9-25-17)16(23)24-8-13-20-14-10(2)5-4-6-11(14)15(22)21-13/h3-6,9H,1,7-8H2,2H3,(H,18,19)(H,20,21,22). The number of thiazole rings is 1. The van der Waals surface area contributed by atoms with Crippen LogP contribution in [0.1, 0.15) is 21.9 Å². The van der Waals surface area contributed by atoms with Crippen LogP contribution in [0.15, 0.2) is 41.0 Å². The number of aromatic amines is 1. The summed E-state index contributed by atoms with van der Waals surface area (Å²) in [7, 11) is 0. The number of carbonyl (C=O) groups excluding carboxylic acids is 1. The van der Waals surface area contributed by atoms with Gasteiger partial charge < -0.3 is 15.0 Å². The third-order valence-corrected chi connectivity index (χ3v) is 4.24. The van der Waals surface area contributed by atoms with Crippen molar-refractivity contribution < 1.29 is 9.53 Å². The number of H-pyrrole nitrogens is 1. The van der Waals surface area contributed by atoms with E-state index in [0.29, 0.717) is 28.4 Å². The number of aryl methyl sites for hydroxylation is 1. The second kappa shape index (κ2) is 7.27. The molecule has 25 heavy (non-hydrogen) atoms. The van der Waals surface area contributed by atoms with E-state index in [1.165, 1.54) is 11.3 Å². The number of rotatable bonds is 6. The van der Waals surface area contributed by atoms with Gasteiger partial charge in [-0.2, -0.15) is 0 Å². The van der Waals surface area contributed by atoms with Gasteiger partial charge in [0.05, 0.1) is 10.9 Å². The molecule has 0 aliphatic heterocycles. The molecule has 0 radical (unpaired) electrons. The summed E-state index contributed by atoms with van der Waals surface area (Å²) < 4.78 is 5.20. The van der Waals surface area contributed by atoms with Crippen LogP contribution in [0, 0.1) is 6.92 Å². The van der Waals surface area contributed by atoms with Crippen molar-refractivity contribution >= 4 is 33.3 Å². The van der Waals surface area contributed by atoms with Gasteiger partial charge in [0.2, 0.25) is 0 Å². The lowest BCUT2D eigenvalue weighted by atomic mass is 10.1. The van der Waals surface area contributed by atoms with Crippen molar-refractivity contribution in [1.29, 1.82) is 0 Å². The van der Waals surface area contributed by atoms with Crippen LogP contribution in [0.2, 0.25) is 0 Å². The Labute approximate surface area is 147 Å². The molecule has 0 saturated carbocycles. The third kappa shape index (κ3) is 3.74. The summed E-state index contributed by atoms with van der Waals surface area (Å²) in [5, 5.41) is 5.72. The highest BCUT2D eigenvalue weighted by Crippen LogP contribution is 2.16. The van der Waals surface area contributed by atoms with Gasteiger partial charge in [-0.15, -0.1) is 17.9 Å². The van der Waals surface area contributed by atoms with Crippen LogP contribution >= 0.6 is 11.3 Å². The van der Waals surface area contributed by atoms with E-state index >= 15 is 0 Å². The molecule has 0 saturated heterocycles. The van der Waals surface area contributed by atoms with Crippen molar-refractivity contribution in [2.24, 2.45) is 0 Å². The number of hydrogen-bond acceptors (Lipinski definition) is 7. The molecule has 2 N–H and O–H groups in total. The van der Waals surface area contributed by atoms with Crippen LogP contribution in [-0.2, 0) is 11.3 Å². The number of nitrogens with one attached hydrogen (secondary N) is 2. The van der Waals surface area contributed by atoms with Gasteiger partial charge in [0.25, 0.3) is 5.56 Å². The van der Waals surface area contributed by atoms with Gasteiger partial charge in [-0.25, -0.2) is 14.8 Å². The first kappa shape index (κ1) is 16.8. The number of nitrogens with zero attached hydrogens (tertiary/aromatic N) is 2. The largest absolute Gasteiger partial charge is 0.453 e. The zero-order chi connectivity index (χ0) is 17.8. The molecule has 3 rings (SSSR count). The Morgan fingerprint density at radius 1 is 1.44 bits per heavy atom. The molecule has 2 heterocycles. The fraction of sp³-hybridized carbons (Fsp3) is 0.176. The predicted molar refractivity (Wildman–Crippen MR) is 97.0 cm³/mol. The maximum absolute atomic E-state index is 12.1. The second-order valence-electron chi connectivity index (χ2n) is 5.27. The summed E-state index contributed by atoms with van der Waals surface area (Å²) in [6, 6.07) is 5.38. The SMILES string of the molecule is C=CCNc1nc(C(=O)OCc2nc3c(C)cccc3c(=O)[nH]2)cs1. The quantitative estimate of drug-likeness (QED) is 0.521. The lowest BCUT2D eigenvalue weighted by Crippen LogP contribution is -2.15. The molecular weight excluding hydrogens is 340 g/mol. The van der Waals surface area contributed by atoms with E-state index in [0.717, 1.165) is 5.56 Å². The number of para-hydroxylation sites is 1. The van der Waals surface area contributed by atoms with E-state index in [2.05, 4.69) is 26.8 Å². The number of aromatic nitrogens is 3. The van der Waals surface area contributed by atoms with E-state index in [-0.39, 0.29) is 17.9 Å². The molecule has 0 unspecified atom stereocenters. The molecule has 0 fully saturated rings. The van der Waals surface area contributed by atoms with E-state index in [4.69, 9.17) is 4.74 Å². The van der Waals surface area contributed by atoms with E-state index in [1.807, 2.05) is 13.0 Å². The summed E-state index contributed by atoms with van der Waals surface area (Å²) in [5.74, 6) is -0.282. The van der Waals surface area contributed by atoms with E-state index < -0.39 is 5.97 Å². The average Bonchev–Trinajstić information content (AvgIpc) is 3.08. The lowest BCUT2D eigenvalue weighted by Gasteiger charge is -2.05. The van der Waals surface area contributed by atoms with Gasteiger partial charge in [-0.3, -0.25) is 4.79 Å². The van der Waals surface area contributed by atoms with Gasteiger partial charge in [0, 0.05) is 11.9 Å². The number of hydrogen-bond donors (Lipinski definition) is 2. The van der Waals surface area contributed by atoms with Gasteiger partial charge in [-0.1, -0.05) is 18.2 Å². The number of anilines is 1. The minimum Gasteiger partial charge on any atom is -0.453 e. The van der Waals surface area contributed by atoms with Crippen LogP contribution in [0.25, 0.3) is 10.9 Å². The van der Waals surface area contributed by atoms with Crippen molar-refractivity contribution in [3.05, 3.63) is 63.7 Å². The Bertz CT molecular complexity index is 993. The Balaban J connectivity index is 1.73. The van der Waals surface area contributed by atoms with Crippen LogP contribution in [0.4, 0.5) is 5.13 Å². The first-order valence-electron chi connectivity index (χ1n) is 7.54. The molecule has 0 bridgehead atoms. The maximum atomic E-state index is 12.1. The molecule has 128 valence electrons. The Kier molecular flexibility index (Phi) is 4.90. The first-order chi connectivity index (χ1) is 12.1. The van der Waals surface area contributed by atoms with Crippen molar-refractivity contribution in [3.63, 3.8) is 0 Å². The molecule has 3 aromatic rings. The van der Waals surface area contributed by atoms with Gasteiger partial charge in [0.1, 0.15) is 12.4 Å². The van der Waals surface area contributed by atoms with Crippen LogP contribution < -0.4 is 10.9 Å². The highest BCUT2D eigenvalue weighted by Gasteiger charge is 2.13. The van der Waals surface area contributed by atoms with E-state index in [9.17, 15) is 9.59 Å². The molecule has 0 amide bonds. The number of fused-ring (bicyclic) bond motifs is 1. The van der Waals surface area contributed by atoms with Crippen LogP contribution in [-0.4, -0.2) is 27.5 Å². The highest BCUT2D eigenvalue weighted by atomic mass is 32.1. The number of carbonyl (C=O) groups is 1. The summed E-state index contributed by atoms with van der Waals surface area (Å²) in [6.07, 6.45) is 1.70. The summed E-state index contributed by atoms with van der Waals surface area (Å²) in [5.41, 5.74) is 1.43. The van der Waals surface area contributed by atoms with Crippen molar-refractivity contribution in [2.45, 2.75) is 13.5 Å². The topological polar surface area (TPSA) is 97.0 Å². The normalized spacial score (nSPS) is 10.6. The molecule has 8 heteroatoms. The summed E-state index contributed by atoms with van der Waals surface area (Å²) in [4.78, 5) is 35.3. The monoisotopic (exact) mass is 356 g/mol. The molecule has 0 atom stereocenters. The second-order valence-corrected chi connectivity index (χ2v) is 6.13. The zero-order valence-electron chi connectivity index (χ0n) is 13.5. The van der Waals surface area contributed by atoms with E-state index in [1.54, 1.807) is 23.6 Å². The number of benzene rings is 1. The highest BCUT2D eigenvalue weighted by molar-refractivity contribution is 7.13. The maximum Gasteiger partial charge on any atom is 0.358 e. The molecule has 2 aromatic heterocycles. The fourth-order valence-corrected chi connectivity index (χ4v) is 2.93. The third-order valence-electron chi connectivity index (χ3n) is 3.44. The molecule has 0 spiro atoms. The van der Waals surface area contributed by atoms with Crippen molar-refractivity contribution in [1.82, 2.24) is 15.0 Å². The van der Waals surface area contributed by atoms with Crippen LogP contribution in [0.5, 0.6) is 0 Å². The first-order valence-corrected chi connectivity index (χ1v) is 8.42. The Morgan fingerprint density at radius 2 is 2.28 bits per heavy atom. The van der Waals surface area contributed by atoms with Gasteiger partial charge in [0.15, 0.2) is 10.8 Å². The van der Waals surface area contributed by atoms with Gasteiger partial charge >= 0.3 is 5.97 Å². The number of ether oxygens (including phenoxy) is 1. The smallest absolute Gasteiger partial charge is 0.358 e. The summed E-state index contributed by atoms with van der Waals surface area (Å²) >= 11 is 1.30. The molecule has 7 nitrogen and oxygen atoms in total. The molecular formula is C17H16N4O3S. The van der Waals surface area contributed by atoms with Crippen LogP contribution in [0.3, 0.4) is 0 Å². The minimum absolute atomic E-state index is 0.134. The van der Waals surface area contributed by atoms with Crippen molar-refractivity contribution in [2.75, 3.05) is 11.9 Å². The average molecular weight is 356 g/mol. The molecule has 0 aliphatic carbocycles. The van der Waals surface area contributed by atoms with Gasteiger partial charge in [-0.05, 0) is 18.6 Å². The predicted octanol–water partition coefficient (Wildman–Crippen LogP) is 2.64. The minimum atomic E-state index is -0.574. The Hall–Kier alpha value is -3.00. The summed E-state index contributed by atoms with van der Waals surface area (Å²) in [6.45, 7) is 5.90. The zero-order valence-corrected chi connectivity index (χ0v) is 14.4. The lowest BCUT2D eigenvalue weighted by molar-refractivity contribution is 0.0456. The molecule has 1 aromatic carbocycles. The fourth-order valence-electron chi connectivity index (χ4n) is 2.24. The Morgan fingerprint density at radius 3 is 3.08 bits per heavy atom. The number of esters is 1. The van der Waals surface area contributed by atoms with Crippen molar-refractivity contribution in [3.8, 4) is 0 Å².